The molecule has 0 spiro atoms. The van der Waals surface area contributed by atoms with Gasteiger partial charge >= 0.3 is 0 Å². The summed E-state index contributed by atoms with van der Waals surface area (Å²) in [5.41, 5.74) is 6.68. The average molecular weight is 603 g/mol. The number of aromatic nitrogens is 1. The third kappa shape index (κ3) is 4.67. The Morgan fingerprint density at radius 2 is 1.89 bits per heavy atom. The van der Waals surface area contributed by atoms with Crippen LogP contribution in [-0.4, -0.2) is 73.0 Å². The molecule has 0 fully saturated rings. The number of furan rings is 1. The lowest BCUT2D eigenvalue weighted by Crippen LogP contribution is -2.60. The van der Waals surface area contributed by atoms with Gasteiger partial charge in [-0.25, -0.2) is 0 Å². The molecule has 2 aromatic heterocycles. The number of rotatable bonds is 7. The van der Waals surface area contributed by atoms with Gasteiger partial charge in [0.25, 0.3) is 5.91 Å². The van der Waals surface area contributed by atoms with Crippen LogP contribution in [0.4, 0.5) is 0 Å². The van der Waals surface area contributed by atoms with Crippen LogP contribution in [0.2, 0.25) is 0 Å². The van der Waals surface area contributed by atoms with E-state index in [0.717, 1.165) is 5.56 Å². The molecule has 6 rings (SSSR count). The Hall–Kier alpha value is -4.49. The van der Waals surface area contributed by atoms with Crippen molar-refractivity contribution in [1.82, 2.24) is 15.2 Å². The molecule has 2 heterocycles. The number of carbonyl (C=O) groups excluding carboxylic acids is 2. The Morgan fingerprint density at radius 1 is 1.11 bits per heavy atom. The molecule has 1 aromatic carbocycles. The maximum Gasteiger partial charge on any atom is 0.253 e. The van der Waals surface area contributed by atoms with Gasteiger partial charge < -0.3 is 41.0 Å². The molecule has 3 aliphatic carbocycles. The number of amides is 1. The number of ketones is 1. The van der Waals surface area contributed by atoms with Crippen molar-refractivity contribution in [3.05, 3.63) is 93.9 Å². The van der Waals surface area contributed by atoms with Crippen LogP contribution < -0.4 is 11.1 Å². The van der Waals surface area contributed by atoms with Crippen molar-refractivity contribution in [2.45, 2.75) is 37.8 Å². The first kappa shape index (κ1) is 29.6. The van der Waals surface area contributed by atoms with E-state index in [9.17, 15) is 35.1 Å². The van der Waals surface area contributed by atoms with Crippen molar-refractivity contribution in [3.8, 4) is 17.1 Å². The van der Waals surface area contributed by atoms with Gasteiger partial charge in [-0.3, -0.25) is 19.5 Å². The molecular weight excluding hydrogens is 568 g/mol. The number of aromatic hydroxyl groups is 1. The number of fused-ring (bicyclic) bond motifs is 3. The minimum absolute atomic E-state index is 0.0126. The van der Waals surface area contributed by atoms with E-state index in [4.69, 9.17) is 10.2 Å². The second kappa shape index (κ2) is 10.9. The third-order valence-corrected chi connectivity index (χ3v) is 9.00. The zero-order chi connectivity index (χ0) is 31.5. The number of likely N-dealkylation sites (N-methyl/N-ethyl adjacent to an activating group) is 1. The SMILES string of the molecule is CN(C)[C@@H]1C(O)=C(C(N)=O)C(O)(O)C2C(O)=C3C(=O)c4c(O)ccc(-c5ccc(CNCc6cccnc6)o5)c4CC3CC21. The summed E-state index contributed by atoms with van der Waals surface area (Å²) in [6.45, 7) is 1.04. The number of hydrogen-bond donors (Lipinski definition) is 7. The lowest BCUT2D eigenvalue weighted by atomic mass is 9.59. The fourth-order valence-electron chi connectivity index (χ4n) is 7.24. The largest absolute Gasteiger partial charge is 0.511 e. The van der Waals surface area contributed by atoms with Crippen LogP contribution >= 0.6 is 0 Å². The molecular formula is C32H34N4O8. The van der Waals surface area contributed by atoms with Crippen LogP contribution in [0.3, 0.4) is 0 Å². The number of benzene rings is 1. The number of pyridine rings is 1. The predicted octanol–water partition coefficient (Wildman–Crippen LogP) is 2.06. The van der Waals surface area contributed by atoms with Gasteiger partial charge in [0.2, 0.25) is 5.79 Å². The van der Waals surface area contributed by atoms with E-state index in [2.05, 4.69) is 10.3 Å². The number of Topliss-reactive ketones (excluding diaryl/α,β-unsaturated/α-hetero) is 1. The van der Waals surface area contributed by atoms with Crippen molar-refractivity contribution in [3.63, 3.8) is 0 Å². The number of nitrogens with one attached hydrogen (secondary N) is 1. The van der Waals surface area contributed by atoms with E-state index in [1.54, 1.807) is 43.5 Å². The summed E-state index contributed by atoms with van der Waals surface area (Å²) < 4.78 is 6.13. The molecule has 3 unspecified atom stereocenters. The second-order valence-electron chi connectivity index (χ2n) is 11.9. The summed E-state index contributed by atoms with van der Waals surface area (Å²) in [6.07, 6.45) is 3.87. The monoisotopic (exact) mass is 602 g/mol. The predicted molar refractivity (Wildman–Crippen MR) is 157 cm³/mol. The average Bonchev–Trinajstić information content (AvgIpc) is 3.41. The Kier molecular flexibility index (Phi) is 7.33. The van der Waals surface area contributed by atoms with E-state index >= 15 is 0 Å². The van der Waals surface area contributed by atoms with Crippen molar-refractivity contribution in [2.24, 2.45) is 23.5 Å². The molecule has 12 heteroatoms. The zero-order valence-corrected chi connectivity index (χ0v) is 24.2. The second-order valence-corrected chi connectivity index (χ2v) is 11.9. The fraction of sp³-hybridized carbons (Fsp3) is 0.344. The highest BCUT2D eigenvalue weighted by atomic mass is 16.5. The molecule has 8 N–H and O–H groups in total. The van der Waals surface area contributed by atoms with E-state index < -0.39 is 58.4 Å². The smallest absolute Gasteiger partial charge is 0.253 e. The van der Waals surface area contributed by atoms with Crippen LogP contribution in [0.25, 0.3) is 11.3 Å². The number of aliphatic hydroxyl groups is 4. The summed E-state index contributed by atoms with van der Waals surface area (Å²) in [5.74, 6) is -8.18. The highest BCUT2D eigenvalue weighted by molar-refractivity contribution is 6.14. The van der Waals surface area contributed by atoms with Crippen molar-refractivity contribution in [1.29, 1.82) is 0 Å². The number of allylic oxidation sites excluding steroid dienone is 1. The van der Waals surface area contributed by atoms with Gasteiger partial charge in [-0.05, 0) is 80.2 Å². The minimum Gasteiger partial charge on any atom is -0.511 e. The van der Waals surface area contributed by atoms with Gasteiger partial charge in [-0.15, -0.1) is 0 Å². The Labute approximate surface area is 252 Å². The van der Waals surface area contributed by atoms with E-state index in [1.165, 1.54) is 6.07 Å². The van der Waals surface area contributed by atoms with E-state index in [1.807, 2.05) is 18.2 Å². The summed E-state index contributed by atoms with van der Waals surface area (Å²) >= 11 is 0. The summed E-state index contributed by atoms with van der Waals surface area (Å²) in [4.78, 5) is 31.9. The van der Waals surface area contributed by atoms with E-state index in [-0.39, 0.29) is 29.7 Å². The van der Waals surface area contributed by atoms with Gasteiger partial charge in [-0.2, -0.15) is 0 Å². The maximum absolute atomic E-state index is 14.0. The van der Waals surface area contributed by atoms with Crippen molar-refractivity contribution in [2.75, 3.05) is 14.1 Å². The van der Waals surface area contributed by atoms with Crippen LogP contribution in [0.5, 0.6) is 5.75 Å². The molecule has 230 valence electrons. The van der Waals surface area contributed by atoms with Crippen LogP contribution in [0.1, 0.15) is 33.7 Å². The van der Waals surface area contributed by atoms with Crippen molar-refractivity contribution >= 4 is 11.7 Å². The molecule has 12 nitrogen and oxygen atoms in total. The summed E-state index contributed by atoms with van der Waals surface area (Å²) in [7, 11) is 3.29. The molecule has 0 saturated heterocycles. The number of phenols is 1. The molecule has 0 aliphatic heterocycles. The lowest BCUT2D eigenvalue weighted by molar-refractivity contribution is -0.200. The summed E-state index contributed by atoms with van der Waals surface area (Å²) in [6, 6.07) is 9.61. The van der Waals surface area contributed by atoms with Gasteiger partial charge in [0, 0.05) is 30.1 Å². The molecule has 0 bridgehead atoms. The molecule has 0 saturated carbocycles. The topological polar surface area (TPSA) is 203 Å². The standard InChI is InChI=1S/C32H34N4O8/c1-36(2)27-20-11-16-10-19-18(22-8-5-17(44-22)14-35-13-15-4-3-9-34-12-15)6-7-21(37)24(19)28(38)23(16)29(39)25(20)32(42,43)26(30(27)40)31(33)41/h3-9,12,16,20,25,27,35,37,39-40,42-43H,10-11,13-14H2,1-2H3,(H2,33,41)/t16?,20?,25?,27-/m0/s1. The highest BCUT2D eigenvalue weighted by Gasteiger charge is 2.60. The lowest BCUT2D eigenvalue weighted by Gasteiger charge is -2.51. The quantitative estimate of drug-likeness (QED) is 0.195. The third-order valence-electron chi connectivity index (χ3n) is 9.00. The molecule has 3 aromatic rings. The number of nitrogens with zero attached hydrogens (tertiary/aromatic N) is 2. The first-order valence-electron chi connectivity index (χ1n) is 14.3. The molecule has 3 aliphatic rings. The van der Waals surface area contributed by atoms with Crippen LogP contribution in [-0.2, 0) is 24.3 Å². The van der Waals surface area contributed by atoms with Gasteiger partial charge in [0.15, 0.2) is 5.78 Å². The van der Waals surface area contributed by atoms with Crippen LogP contribution in [0, 0.1) is 17.8 Å². The number of phenolic OH excluding ortho intramolecular Hbond substituents is 1. The number of nitrogens with two attached hydrogens (primary N) is 1. The van der Waals surface area contributed by atoms with Crippen molar-refractivity contribution < 1.29 is 39.5 Å². The van der Waals surface area contributed by atoms with E-state index in [0.29, 0.717) is 35.7 Å². The fourth-order valence-corrected chi connectivity index (χ4v) is 7.24. The zero-order valence-electron chi connectivity index (χ0n) is 24.2. The number of hydrogen-bond acceptors (Lipinski definition) is 11. The Balaban J connectivity index is 1.36. The molecule has 1 amide bonds. The number of aliphatic hydroxyl groups excluding tert-OH is 2. The number of primary amides is 1. The summed E-state index contributed by atoms with van der Waals surface area (Å²) in [5, 5.41) is 58.9. The first-order chi connectivity index (χ1) is 20.9. The Morgan fingerprint density at radius 3 is 2.57 bits per heavy atom. The van der Waals surface area contributed by atoms with Crippen LogP contribution in [0.15, 0.2) is 75.9 Å². The van der Waals surface area contributed by atoms with Gasteiger partial charge in [-0.1, -0.05) is 6.07 Å². The maximum atomic E-state index is 14.0. The Bertz CT molecular complexity index is 1710. The highest BCUT2D eigenvalue weighted by Crippen LogP contribution is 2.54. The number of carbonyl (C=O) groups is 2. The molecule has 0 radical (unpaired) electrons. The van der Waals surface area contributed by atoms with Gasteiger partial charge in [0.05, 0.1) is 24.1 Å². The minimum atomic E-state index is -3.03. The molecule has 44 heavy (non-hydrogen) atoms. The normalized spacial score (nSPS) is 24.2. The molecule has 4 atom stereocenters. The first-order valence-corrected chi connectivity index (χ1v) is 14.3. The van der Waals surface area contributed by atoms with Gasteiger partial charge in [0.1, 0.15) is 34.4 Å².